The standard InChI is InChI=1S/C20H26FN5O4S/c1-11-16(17(22)31-25-11)18(27)24-12-5-6-15(23-9-12)29-14-7-8-26(10-13(14)21)19(28)30-20(2,3)4/h5-6,9,13-14H,7-8,10,22H2,1-4H3,(H,24,27)/t13-,14+/m1/s1. The monoisotopic (exact) mass is 451 g/mol. The Morgan fingerprint density at radius 1 is 1.35 bits per heavy atom. The first-order valence-electron chi connectivity index (χ1n) is 9.81. The number of anilines is 2. The quantitative estimate of drug-likeness (QED) is 0.731. The van der Waals surface area contributed by atoms with Crippen LogP contribution in [0.2, 0.25) is 0 Å². The molecule has 1 fully saturated rings. The number of ether oxygens (including phenoxy) is 2. The molecule has 1 aliphatic rings. The Morgan fingerprint density at radius 3 is 2.65 bits per heavy atom. The smallest absolute Gasteiger partial charge is 0.410 e. The van der Waals surface area contributed by atoms with Gasteiger partial charge in [-0.15, -0.1) is 0 Å². The number of hydrogen-bond donors (Lipinski definition) is 2. The predicted molar refractivity (Wildman–Crippen MR) is 115 cm³/mol. The molecule has 0 spiro atoms. The number of aromatic nitrogens is 2. The number of alkyl halides is 1. The van der Waals surface area contributed by atoms with Gasteiger partial charge in [-0.3, -0.25) is 4.79 Å². The maximum Gasteiger partial charge on any atom is 0.410 e. The number of amides is 2. The summed E-state index contributed by atoms with van der Waals surface area (Å²) in [7, 11) is 0. The summed E-state index contributed by atoms with van der Waals surface area (Å²) in [5.41, 5.74) is 6.48. The summed E-state index contributed by atoms with van der Waals surface area (Å²) < 4.78 is 29.6. The number of hydrogen-bond acceptors (Lipinski definition) is 8. The Bertz CT molecular complexity index is 925. The van der Waals surface area contributed by atoms with Gasteiger partial charge in [0, 0.05) is 19.0 Å². The number of rotatable bonds is 4. The molecule has 3 N–H and O–H groups in total. The molecule has 168 valence electrons. The molecule has 31 heavy (non-hydrogen) atoms. The minimum Gasteiger partial charge on any atom is -0.471 e. The highest BCUT2D eigenvalue weighted by Gasteiger charge is 2.35. The van der Waals surface area contributed by atoms with Crippen molar-refractivity contribution in [3.05, 3.63) is 29.6 Å². The summed E-state index contributed by atoms with van der Waals surface area (Å²) in [6.45, 7) is 7.21. The minimum absolute atomic E-state index is 0.108. The Hall–Kier alpha value is -2.95. The van der Waals surface area contributed by atoms with Gasteiger partial charge in [0.1, 0.15) is 16.7 Å². The molecule has 0 aliphatic carbocycles. The van der Waals surface area contributed by atoms with Crippen molar-refractivity contribution in [1.29, 1.82) is 0 Å². The molecule has 1 aliphatic heterocycles. The number of likely N-dealkylation sites (tertiary alicyclic amines) is 1. The summed E-state index contributed by atoms with van der Waals surface area (Å²) in [6, 6.07) is 3.15. The number of carbonyl (C=O) groups excluding carboxylic acids is 2. The van der Waals surface area contributed by atoms with E-state index >= 15 is 0 Å². The highest BCUT2D eigenvalue weighted by Crippen LogP contribution is 2.24. The Morgan fingerprint density at radius 2 is 2.10 bits per heavy atom. The highest BCUT2D eigenvalue weighted by molar-refractivity contribution is 7.10. The van der Waals surface area contributed by atoms with Crippen molar-refractivity contribution in [3.8, 4) is 5.88 Å². The molecule has 2 aromatic rings. The van der Waals surface area contributed by atoms with E-state index in [1.54, 1.807) is 39.8 Å². The molecule has 0 radical (unpaired) electrons. The maximum absolute atomic E-state index is 14.6. The van der Waals surface area contributed by atoms with E-state index in [4.69, 9.17) is 15.2 Å². The lowest BCUT2D eigenvalue weighted by molar-refractivity contribution is -0.0114. The fraction of sp³-hybridized carbons (Fsp3) is 0.500. The first-order valence-corrected chi connectivity index (χ1v) is 10.6. The summed E-state index contributed by atoms with van der Waals surface area (Å²) >= 11 is 1.06. The Kier molecular flexibility index (Phi) is 6.63. The molecule has 2 atom stereocenters. The van der Waals surface area contributed by atoms with Gasteiger partial charge < -0.3 is 25.4 Å². The van der Waals surface area contributed by atoms with E-state index in [-0.39, 0.29) is 18.3 Å². The fourth-order valence-corrected chi connectivity index (χ4v) is 3.70. The number of nitrogen functional groups attached to an aromatic ring is 1. The summed E-state index contributed by atoms with van der Waals surface area (Å²) in [5, 5.41) is 3.04. The number of halogens is 1. The summed E-state index contributed by atoms with van der Waals surface area (Å²) in [5.74, 6) is -0.151. The molecule has 0 saturated carbocycles. The minimum atomic E-state index is -1.38. The van der Waals surface area contributed by atoms with Gasteiger partial charge >= 0.3 is 6.09 Å². The van der Waals surface area contributed by atoms with Crippen LogP contribution < -0.4 is 15.8 Å². The molecule has 2 aromatic heterocycles. The maximum atomic E-state index is 14.6. The molecular weight excluding hydrogens is 425 g/mol. The lowest BCUT2D eigenvalue weighted by atomic mass is 10.1. The summed E-state index contributed by atoms with van der Waals surface area (Å²) in [6.07, 6.45) is -0.916. The van der Waals surface area contributed by atoms with Crippen molar-refractivity contribution < 1.29 is 23.5 Å². The lowest BCUT2D eigenvalue weighted by Crippen LogP contribution is -2.50. The third-order valence-corrected chi connectivity index (χ3v) is 5.28. The van der Waals surface area contributed by atoms with Gasteiger partial charge in [-0.05, 0) is 45.3 Å². The molecule has 11 heteroatoms. The first-order chi connectivity index (χ1) is 14.5. The topological polar surface area (TPSA) is 120 Å². The van der Waals surface area contributed by atoms with Crippen LogP contribution in [-0.2, 0) is 4.74 Å². The van der Waals surface area contributed by atoms with Crippen LogP contribution in [0.4, 0.5) is 19.9 Å². The summed E-state index contributed by atoms with van der Waals surface area (Å²) in [4.78, 5) is 30.0. The second kappa shape index (κ2) is 9.04. The largest absolute Gasteiger partial charge is 0.471 e. The van der Waals surface area contributed by atoms with E-state index in [0.29, 0.717) is 34.9 Å². The van der Waals surface area contributed by atoms with Gasteiger partial charge in [0.2, 0.25) is 5.88 Å². The third kappa shape index (κ3) is 5.81. The molecular formula is C20H26FN5O4S. The van der Waals surface area contributed by atoms with E-state index in [2.05, 4.69) is 14.7 Å². The molecule has 3 heterocycles. The van der Waals surface area contributed by atoms with Crippen molar-refractivity contribution in [2.45, 2.75) is 52.0 Å². The van der Waals surface area contributed by atoms with E-state index in [1.807, 2.05) is 0 Å². The molecule has 1 saturated heterocycles. The van der Waals surface area contributed by atoms with Crippen molar-refractivity contribution in [2.75, 3.05) is 24.1 Å². The molecule has 3 rings (SSSR count). The SMILES string of the molecule is Cc1nsc(N)c1C(=O)Nc1ccc(O[C@H]2CCN(C(=O)OC(C)(C)C)C[C@H]2F)nc1. The van der Waals surface area contributed by atoms with Gasteiger partial charge in [-0.2, -0.15) is 4.37 Å². The van der Waals surface area contributed by atoms with Crippen LogP contribution in [0, 0.1) is 6.92 Å². The second-order valence-corrected chi connectivity index (χ2v) is 9.04. The van der Waals surface area contributed by atoms with Gasteiger partial charge in [-0.25, -0.2) is 14.2 Å². The first kappa shape index (κ1) is 22.7. The van der Waals surface area contributed by atoms with Gasteiger partial charge in [-0.1, -0.05) is 0 Å². The van der Waals surface area contributed by atoms with Crippen LogP contribution in [0.3, 0.4) is 0 Å². The zero-order chi connectivity index (χ0) is 22.8. The fourth-order valence-electron chi connectivity index (χ4n) is 3.04. The normalized spacial score (nSPS) is 19.1. The zero-order valence-corrected chi connectivity index (χ0v) is 18.7. The molecule has 0 aromatic carbocycles. The Labute approximate surface area is 183 Å². The number of piperidine rings is 1. The van der Waals surface area contributed by atoms with Crippen molar-refractivity contribution >= 4 is 34.2 Å². The number of pyridine rings is 1. The molecule has 0 unspecified atom stereocenters. The van der Waals surface area contributed by atoms with Gasteiger partial charge in [0.25, 0.3) is 5.91 Å². The highest BCUT2D eigenvalue weighted by atomic mass is 32.1. The molecule has 0 bridgehead atoms. The van der Waals surface area contributed by atoms with Crippen LogP contribution >= 0.6 is 11.5 Å². The van der Waals surface area contributed by atoms with Crippen LogP contribution in [0.15, 0.2) is 18.3 Å². The van der Waals surface area contributed by atoms with E-state index < -0.39 is 24.0 Å². The number of nitrogens with two attached hydrogens (primary N) is 1. The van der Waals surface area contributed by atoms with Crippen molar-refractivity contribution in [3.63, 3.8) is 0 Å². The lowest BCUT2D eigenvalue weighted by Gasteiger charge is -2.35. The number of nitrogens with one attached hydrogen (secondary N) is 1. The number of aryl methyl sites for hydroxylation is 1. The number of nitrogens with zero attached hydrogens (tertiary/aromatic N) is 3. The predicted octanol–water partition coefficient (Wildman–Crippen LogP) is 3.41. The van der Waals surface area contributed by atoms with E-state index in [0.717, 1.165) is 11.5 Å². The molecule has 2 amide bonds. The van der Waals surface area contributed by atoms with Crippen LogP contribution in [-0.4, -0.2) is 57.2 Å². The molecule has 9 nitrogen and oxygen atoms in total. The van der Waals surface area contributed by atoms with Crippen LogP contribution in [0.5, 0.6) is 5.88 Å². The van der Waals surface area contributed by atoms with Crippen molar-refractivity contribution in [2.24, 2.45) is 0 Å². The van der Waals surface area contributed by atoms with E-state index in [1.165, 1.54) is 11.1 Å². The van der Waals surface area contributed by atoms with E-state index in [9.17, 15) is 14.0 Å². The number of carbonyl (C=O) groups is 2. The van der Waals surface area contributed by atoms with Crippen LogP contribution in [0.25, 0.3) is 0 Å². The van der Waals surface area contributed by atoms with Crippen LogP contribution in [0.1, 0.15) is 43.2 Å². The van der Waals surface area contributed by atoms with Gasteiger partial charge in [0.05, 0.1) is 29.7 Å². The Balaban J connectivity index is 1.54. The average Bonchev–Trinajstić information content (AvgIpc) is 3.02. The van der Waals surface area contributed by atoms with Gasteiger partial charge in [0.15, 0.2) is 6.17 Å². The zero-order valence-electron chi connectivity index (χ0n) is 17.8. The second-order valence-electron chi connectivity index (χ2n) is 8.23. The average molecular weight is 452 g/mol. The third-order valence-electron chi connectivity index (χ3n) is 4.52. The van der Waals surface area contributed by atoms with Crippen molar-refractivity contribution in [1.82, 2.24) is 14.3 Å².